The summed E-state index contributed by atoms with van der Waals surface area (Å²) in [7, 11) is 0. The van der Waals surface area contributed by atoms with Crippen LogP contribution in [0.25, 0.3) is 0 Å². The van der Waals surface area contributed by atoms with Crippen molar-refractivity contribution in [3.05, 3.63) is 23.8 Å². The molecule has 0 radical (unpaired) electrons. The maximum Gasteiger partial charge on any atom is 0.158 e. The molecule has 4 aliphatic rings. The highest BCUT2D eigenvalue weighted by Gasteiger charge is 2.60. The Balaban J connectivity index is 1.75. The number of carbonyl (C=O) groups excluding carboxylic acids is 2. The maximum absolute atomic E-state index is 12.1. The number of fused-ring (bicyclic) bond motifs is 5. The third-order valence-corrected chi connectivity index (χ3v) is 8.12. The molecule has 3 heteroatoms. The van der Waals surface area contributed by atoms with Crippen molar-refractivity contribution < 1.29 is 14.7 Å². The van der Waals surface area contributed by atoms with E-state index in [4.69, 9.17) is 0 Å². The van der Waals surface area contributed by atoms with Crippen molar-refractivity contribution in [2.24, 2.45) is 34.5 Å². The van der Waals surface area contributed by atoms with Gasteiger partial charge in [-0.3, -0.25) is 9.59 Å². The lowest BCUT2D eigenvalue weighted by Crippen LogP contribution is -2.54. The van der Waals surface area contributed by atoms with Crippen LogP contribution in [0.3, 0.4) is 0 Å². The van der Waals surface area contributed by atoms with Gasteiger partial charge in [-0.2, -0.15) is 0 Å². The Morgan fingerprint density at radius 3 is 2.67 bits per heavy atom. The molecule has 0 amide bonds. The number of carbonyl (C=O) groups is 2. The van der Waals surface area contributed by atoms with Gasteiger partial charge in [0.2, 0.25) is 0 Å². The molecule has 0 aromatic rings. The quantitative estimate of drug-likeness (QED) is 0.802. The SMILES string of the molecule is CC(=O)[C@H]1CC[C@H]2[C@@H]3C=CC4=CC(=O)CC(O)[C@]4(C)[C@H]3CC[C@]12C. The van der Waals surface area contributed by atoms with Crippen molar-refractivity contribution in [1.82, 2.24) is 0 Å². The van der Waals surface area contributed by atoms with E-state index in [1.807, 2.05) is 0 Å². The Kier molecular flexibility index (Phi) is 3.48. The number of hydrogen-bond acceptors (Lipinski definition) is 3. The van der Waals surface area contributed by atoms with E-state index < -0.39 is 6.10 Å². The number of hydrogen-bond donors (Lipinski definition) is 1. The average Bonchev–Trinajstić information content (AvgIpc) is 2.86. The van der Waals surface area contributed by atoms with E-state index in [0.29, 0.717) is 23.5 Å². The molecule has 1 N–H and O–H groups in total. The summed E-state index contributed by atoms with van der Waals surface area (Å²) in [5.41, 5.74) is 0.796. The summed E-state index contributed by atoms with van der Waals surface area (Å²) in [6, 6.07) is 0. The summed E-state index contributed by atoms with van der Waals surface area (Å²) in [5, 5.41) is 10.8. The van der Waals surface area contributed by atoms with Gasteiger partial charge in [0.1, 0.15) is 5.78 Å². The van der Waals surface area contributed by atoms with Crippen LogP contribution in [0.2, 0.25) is 0 Å². The normalized spacial score (nSPS) is 49.9. The topological polar surface area (TPSA) is 54.4 Å². The Morgan fingerprint density at radius 1 is 1.21 bits per heavy atom. The van der Waals surface area contributed by atoms with E-state index in [-0.39, 0.29) is 29.0 Å². The zero-order valence-electron chi connectivity index (χ0n) is 14.9. The second kappa shape index (κ2) is 5.14. The van der Waals surface area contributed by atoms with E-state index in [1.165, 1.54) is 0 Å². The number of rotatable bonds is 1. The second-order valence-corrected chi connectivity index (χ2v) is 9.00. The Bertz CT molecular complexity index is 660. The van der Waals surface area contributed by atoms with Crippen LogP contribution in [0.15, 0.2) is 23.8 Å². The first-order chi connectivity index (χ1) is 11.3. The number of Topliss-reactive ketones (excluding diaryl/α,β-unsaturated/α-hetero) is 1. The fraction of sp³-hybridized carbons (Fsp3) is 0.714. The van der Waals surface area contributed by atoms with Crippen molar-refractivity contribution >= 4 is 11.6 Å². The summed E-state index contributed by atoms with van der Waals surface area (Å²) in [6.45, 7) is 6.21. The first kappa shape index (κ1) is 16.3. The number of aliphatic hydroxyl groups excluding tert-OH is 1. The fourth-order valence-corrected chi connectivity index (χ4v) is 6.72. The van der Waals surface area contributed by atoms with Gasteiger partial charge >= 0.3 is 0 Å². The molecule has 0 aromatic carbocycles. The molecular formula is C21H28O3. The highest BCUT2D eigenvalue weighted by atomic mass is 16.3. The van der Waals surface area contributed by atoms with Crippen LogP contribution in [0.5, 0.6) is 0 Å². The van der Waals surface area contributed by atoms with Crippen molar-refractivity contribution in [2.45, 2.75) is 59.0 Å². The van der Waals surface area contributed by atoms with Gasteiger partial charge in [-0.05, 0) is 67.4 Å². The summed E-state index contributed by atoms with van der Waals surface area (Å²) in [5.74, 6) is 1.88. The molecule has 1 unspecified atom stereocenters. The van der Waals surface area contributed by atoms with E-state index in [2.05, 4.69) is 26.0 Å². The molecule has 0 bridgehead atoms. The standard InChI is InChI=1S/C21H28O3/c1-12(22)16-6-7-17-15-5-4-13-10-14(23)11-19(24)21(13,3)18(15)8-9-20(16,17)2/h4-5,10,15-19,24H,6-9,11H2,1-3H3/t15-,16+,17-,18-,19?,20+,21-/m0/s1. The van der Waals surface area contributed by atoms with Gasteiger partial charge in [0.05, 0.1) is 6.10 Å². The lowest BCUT2D eigenvalue weighted by molar-refractivity contribution is -0.129. The minimum absolute atomic E-state index is 0.0382. The first-order valence-corrected chi connectivity index (χ1v) is 9.40. The molecule has 4 aliphatic carbocycles. The monoisotopic (exact) mass is 328 g/mol. The van der Waals surface area contributed by atoms with Gasteiger partial charge in [-0.1, -0.05) is 26.0 Å². The lowest BCUT2D eigenvalue weighted by Gasteiger charge is -2.57. The fourth-order valence-electron chi connectivity index (χ4n) is 6.72. The van der Waals surface area contributed by atoms with Crippen LogP contribution in [0, 0.1) is 34.5 Å². The molecule has 130 valence electrons. The van der Waals surface area contributed by atoms with Crippen LogP contribution < -0.4 is 0 Å². The molecule has 0 heterocycles. The van der Waals surface area contributed by atoms with Crippen LogP contribution >= 0.6 is 0 Å². The Hall–Kier alpha value is -1.22. The Labute approximate surface area is 144 Å². The van der Waals surface area contributed by atoms with Crippen molar-refractivity contribution in [3.8, 4) is 0 Å². The lowest BCUT2D eigenvalue weighted by atomic mass is 9.48. The third kappa shape index (κ3) is 1.94. The molecule has 3 nitrogen and oxygen atoms in total. The van der Waals surface area contributed by atoms with Gasteiger partial charge < -0.3 is 5.11 Å². The highest BCUT2D eigenvalue weighted by molar-refractivity contribution is 5.93. The molecule has 0 saturated heterocycles. The minimum Gasteiger partial charge on any atom is -0.392 e. The molecule has 0 aromatic heterocycles. The van der Waals surface area contributed by atoms with Gasteiger partial charge in [0, 0.05) is 17.8 Å². The number of aliphatic hydroxyl groups is 1. The van der Waals surface area contributed by atoms with Gasteiger partial charge in [0.25, 0.3) is 0 Å². The molecule has 2 saturated carbocycles. The van der Waals surface area contributed by atoms with Crippen LogP contribution in [-0.2, 0) is 9.59 Å². The third-order valence-electron chi connectivity index (χ3n) is 8.12. The maximum atomic E-state index is 12.1. The summed E-state index contributed by atoms with van der Waals surface area (Å²) in [6.07, 6.45) is 9.99. The van der Waals surface area contributed by atoms with Crippen LogP contribution in [0.1, 0.15) is 52.9 Å². The number of ketones is 2. The molecule has 0 aliphatic heterocycles. The van der Waals surface area contributed by atoms with Gasteiger partial charge in [0.15, 0.2) is 5.78 Å². The molecule has 7 atom stereocenters. The van der Waals surface area contributed by atoms with Crippen LogP contribution in [-0.4, -0.2) is 22.8 Å². The molecule has 0 spiro atoms. The molecule has 2 fully saturated rings. The van der Waals surface area contributed by atoms with E-state index in [9.17, 15) is 14.7 Å². The van der Waals surface area contributed by atoms with E-state index in [0.717, 1.165) is 31.3 Å². The first-order valence-electron chi connectivity index (χ1n) is 9.40. The van der Waals surface area contributed by atoms with Crippen LogP contribution in [0.4, 0.5) is 0 Å². The minimum atomic E-state index is -0.586. The second-order valence-electron chi connectivity index (χ2n) is 9.00. The number of allylic oxidation sites excluding steroid dienone is 3. The van der Waals surface area contributed by atoms with E-state index >= 15 is 0 Å². The van der Waals surface area contributed by atoms with Gasteiger partial charge in [-0.15, -0.1) is 0 Å². The summed E-state index contributed by atoms with van der Waals surface area (Å²) >= 11 is 0. The van der Waals surface area contributed by atoms with Crippen molar-refractivity contribution in [1.29, 1.82) is 0 Å². The zero-order chi connectivity index (χ0) is 17.3. The largest absolute Gasteiger partial charge is 0.392 e. The molecule has 4 rings (SSSR count). The predicted molar refractivity (Wildman–Crippen MR) is 92.2 cm³/mol. The van der Waals surface area contributed by atoms with Crippen molar-refractivity contribution in [3.63, 3.8) is 0 Å². The smallest absolute Gasteiger partial charge is 0.158 e. The highest BCUT2D eigenvalue weighted by Crippen LogP contribution is 2.65. The summed E-state index contributed by atoms with van der Waals surface area (Å²) in [4.78, 5) is 24.0. The van der Waals surface area contributed by atoms with E-state index in [1.54, 1.807) is 13.0 Å². The summed E-state index contributed by atoms with van der Waals surface area (Å²) < 4.78 is 0. The zero-order valence-corrected chi connectivity index (χ0v) is 14.9. The Morgan fingerprint density at radius 2 is 1.96 bits per heavy atom. The molecular weight excluding hydrogens is 300 g/mol. The predicted octanol–water partition coefficient (Wildman–Crippen LogP) is 3.47. The van der Waals surface area contributed by atoms with Crippen molar-refractivity contribution in [2.75, 3.05) is 0 Å². The average molecular weight is 328 g/mol. The van der Waals surface area contributed by atoms with Gasteiger partial charge in [-0.25, -0.2) is 0 Å². The molecule has 24 heavy (non-hydrogen) atoms.